The Bertz CT molecular complexity index is 1260. The number of allylic oxidation sites excluding steroid dienone is 1. The summed E-state index contributed by atoms with van der Waals surface area (Å²) in [5.41, 5.74) is 5.43. The van der Waals surface area contributed by atoms with E-state index in [4.69, 9.17) is 19.7 Å². The lowest BCUT2D eigenvalue weighted by atomic mass is 10.1. The number of H-pyrrole nitrogens is 1. The molecule has 0 amide bonds. The number of rotatable bonds is 4. The summed E-state index contributed by atoms with van der Waals surface area (Å²) in [5, 5.41) is 1.10. The second-order valence-corrected chi connectivity index (χ2v) is 7.79. The molecule has 1 saturated heterocycles. The van der Waals surface area contributed by atoms with E-state index in [9.17, 15) is 0 Å². The third-order valence-electron chi connectivity index (χ3n) is 5.69. The molecule has 0 atom stereocenters. The summed E-state index contributed by atoms with van der Waals surface area (Å²) in [6, 6.07) is 10.4. The largest absolute Gasteiger partial charge is 0.378 e. The molecule has 0 bridgehead atoms. The van der Waals surface area contributed by atoms with Gasteiger partial charge >= 0.3 is 0 Å². The van der Waals surface area contributed by atoms with E-state index in [1.54, 1.807) is 0 Å². The molecular formula is C24H26N6O. The van der Waals surface area contributed by atoms with Gasteiger partial charge in [0.1, 0.15) is 0 Å². The Kier molecular flexibility index (Phi) is 5.03. The first kappa shape index (κ1) is 19.5. The number of aryl methyl sites for hydroxylation is 2. The summed E-state index contributed by atoms with van der Waals surface area (Å²) in [4.78, 5) is 20.2. The fraction of sp³-hybridized carbons (Fsp3) is 0.292. The molecule has 1 N–H and O–H groups in total. The van der Waals surface area contributed by atoms with Gasteiger partial charge in [0.05, 0.1) is 18.9 Å². The van der Waals surface area contributed by atoms with E-state index in [2.05, 4.69) is 58.6 Å². The van der Waals surface area contributed by atoms with Crippen molar-refractivity contribution in [3.8, 4) is 17.3 Å². The minimum atomic E-state index is 0.637. The average Bonchev–Trinajstić information content (AvgIpc) is 3.38. The molecule has 0 saturated carbocycles. The molecular weight excluding hydrogens is 388 g/mol. The highest BCUT2D eigenvalue weighted by molar-refractivity contribution is 5.93. The number of anilines is 1. The highest BCUT2D eigenvalue weighted by Gasteiger charge is 2.21. The lowest BCUT2D eigenvalue weighted by Crippen LogP contribution is -2.37. The first-order chi connectivity index (χ1) is 15.2. The number of morpholine rings is 1. The second-order valence-electron chi connectivity index (χ2n) is 7.79. The van der Waals surface area contributed by atoms with E-state index in [-0.39, 0.29) is 0 Å². The van der Waals surface area contributed by atoms with E-state index in [1.807, 2.05) is 25.3 Å². The molecule has 31 heavy (non-hydrogen) atoms. The molecule has 1 aromatic carbocycles. The average molecular weight is 415 g/mol. The molecule has 0 spiro atoms. The van der Waals surface area contributed by atoms with Gasteiger partial charge in [-0.2, -0.15) is 15.0 Å². The number of benzene rings is 1. The standard InChI is InChI=1S/C24H26N6O/c1-4-6-21-16(2)15-17(3)30(21)24-27-22(19-7-5-8-20-18(19)9-10-25-20)26-23(28-24)29-11-13-31-14-12-29/h4-10,15,25H,11-14H2,1-3H3/b6-4-. The van der Waals surface area contributed by atoms with E-state index in [0.717, 1.165) is 40.9 Å². The number of fused-ring (bicyclic) bond motifs is 1. The van der Waals surface area contributed by atoms with Crippen LogP contribution in [-0.2, 0) is 4.74 Å². The number of aromatic nitrogens is 5. The summed E-state index contributed by atoms with van der Waals surface area (Å²) < 4.78 is 7.65. The second kappa shape index (κ2) is 8.00. The fourth-order valence-corrected chi connectivity index (χ4v) is 4.21. The van der Waals surface area contributed by atoms with Gasteiger partial charge < -0.3 is 14.6 Å². The molecule has 3 aromatic heterocycles. The van der Waals surface area contributed by atoms with Gasteiger partial charge in [-0.05, 0) is 50.6 Å². The Labute approximate surface area is 181 Å². The minimum absolute atomic E-state index is 0.637. The minimum Gasteiger partial charge on any atom is -0.378 e. The van der Waals surface area contributed by atoms with Gasteiger partial charge in [-0.3, -0.25) is 4.57 Å². The maximum atomic E-state index is 5.54. The zero-order chi connectivity index (χ0) is 21.4. The lowest BCUT2D eigenvalue weighted by molar-refractivity contribution is 0.122. The molecule has 7 nitrogen and oxygen atoms in total. The van der Waals surface area contributed by atoms with Crippen LogP contribution in [0.4, 0.5) is 5.95 Å². The molecule has 0 radical (unpaired) electrons. The maximum absolute atomic E-state index is 5.54. The summed E-state index contributed by atoms with van der Waals surface area (Å²) in [7, 11) is 0. The van der Waals surface area contributed by atoms with E-state index in [0.29, 0.717) is 30.9 Å². The van der Waals surface area contributed by atoms with Crippen molar-refractivity contribution in [3.05, 3.63) is 59.6 Å². The SMILES string of the molecule is C/C=C\c1c(C)cc(C)n1-c1nc(-c2cccc3[nH]ccc23)nc(N2CCOCC2)n1. The van der Waals surface area contributed by atoms with Gasteiger partial charge in [-0.1, -0.05) is 18.2 Å². The summed E-state index contributed by atoms with van der Waals surface area (Å²) >= 11 is 0. The zero-order valence-electron chi connectivity index (χ0n) is 18.1. The highest BCUT2D eigenvalue weighted by atomic mass is 16.5. The van der Waals surface area contributed by atoms with Crippen molar-refractivity contribution in [1.82, 2.24) is 24.5 Å². The van der Waals surface area contributed by atoms with Crippen molar-refractivity contribution in [2.24, 2.45) is 0 Å². The molecule has 1 aliphatic heterocycles. The molecule has 7 heteroatoms. The molecule has 158 valence electrons. The monoisotopic (exact) mass is 414 g/mol. The van der Waals surface area contributed by atoms with Gasteiger partial charge in [-0.25, -0.2) is 0 Å². The summed E-state index contributed by atoms with van der Waals surface area (Å²) in [5.74, 6) is 2.00. The van der Waals surface area contributed by atoms with Crippen LogP contribution in [0.25, 0.3) is 34.3 Å². The first-order valence-electron chi connectivity index (χ1n) is 10.6. The van der Waals surface area contributed by atoms with Crippen molar-refractivity contribution in [2.75, 3.05) is 31.2 Å². The van der Waals surface area contributed by atoms with Crippen molar-refractivity contribution in [3.63, 3.8) is 0 Å². The van der Waals surface area contributed by atoms with Crippen LogP contribution in [0.5, 0.6) is 0 Å². The number of nitrogens with zero attached hydrogens (tertiary/aromatic N) is 5. The Morgan fingerprint density at radius 1 is 1.03 bits per heavy atom. The van der Waals surface area contributed by atoms with Crippen LogP contribution in [0.1, 0.15) is 23.9 Å². The fourth-order valence-electron chi connectivity index (χ4n) is 4.21. The van der Waals surface area contributed by atoms with Crippen LogP contribution in [0, 0.1) is 13.8 Å². The molecule has 0 unspecified atom stereocenters. The molecule has 4 aromatic rings. The van der Waals surface area contributed by atoms with Gasteiger partial charge in [0.15, 0.2) is 5.82 Å². The van der Waals surface area contributed by atoms with Crippen LogP contribution in [0.2, 0.25) is 0 Å². The van der Waals surface area contributed by atoms with Gasteiger partial charge in [0.25, 0.3) is 0 Å². The van der Waals surface area contributed by atoms with Crippen molar-refractivity contribution < 1.29 is 4.74 Å². The predicted molar refractivity (Wildman–Crippen MR) is 124 cm³/mol. The van der Waals surface area contributed by atoms with Crippen LogP contribution < -0.4 is 4.90 Å². The molecule has 4 heterocycles. The molecule has 0 aliphatic carbocycles. The van der Waals surface area contributed by atoms with Crippen LogP contribution >= 0.6 is 0 Å². The van der Waals surface area contributed by atoms with E-state index >= 15 is 0 Å². The number of nitrogens with one attached hydrogen (secondary N) is 1. The number of aromatic amines is 1. The number of hydrogen-bond acceptors (Lipinski definition) is 5. The smallest absolute Gasteiger partial charge is 0.239 e. The van der Waals surface area contributed by atoms with Crippen LogP contribution in [-0.4, -0.2) is 50.8 Å². The zero-order valence-corrected chi connectivity index (χ0v) is 18.1. The lowest BCUT2D eigenvalue weighted by Gasteiger charge is -2.27. The predicted octanol–water partition coefficient (Wildman–Crippen LogP) is 4.30. The van der Waals surface area contributed by atoms with E-state index < -0.39 is 0 Å². The molecule has 1 fully saturated rings. The Hall–Kier alpha value is -3.45. The first-order valence-corrected chi connectivity index (χ1v) is 10.6. The maximum Gasteiger partial charge on any atom is 0.239 e. The Balaban J connectivity index is 1.74. The quantitative estimate of drug-likeness (QED) is 0.539. The van der Waals surface area contributed by atoms with E-state index in [1.165, 1.54) is 5.56 Å². The Morgan fingerprint density at radius 3 is 2.65 bits per heavy atom. The highest BCUT2D eigenvalue weighted by Crippen LogP contribution is 2.29. The third-order valence-corrected chi connectivity index (χ3v) is 5.69. The van der Waals surface area contributed by atoms with Crippen LogP contribution in [0.3, 0.4) is 0 Å². The van der Waals surface area contributed by atoms with Crippen molar-refractivity contribution >= 4 is 22.9 Å². The van der Waals surface area contributed by atoms with Crippen molar-refractivity contribution in [1.29, 1.82) is 0 Å². The number of hydrogen-bond donors (Lipinski definition) is 1. The third kappa shape index (κ3) is 3.51. The normalized spacial score (nSPS) is 14.7. The molecule has 5 rings (SSSR count). The topological polar surface area (TPSA) is 71.9 Å². The Morgan fingerprint density at radius 2 is 1.84 bits per heavy atom. The van der Waals surface area contributed by atoms with Crippen molar-refractivity contribution in [2.45, 2.75) is 20.8 Å². The summed E-state index contributed by atoms with van der Waals surface area (Å²) in [6.07, 6.45) is 6.10. The van der Waals surface area contributed by atoms with Crippen LogP contribution in [0.15, 0.2) is 42.6 Å². The molecule has 1 aliphatic rings. The van der Waals surface area contributed by atoms with Gasteiger partial charge in [0.2, 0.25) is 11.9 Å². The van der Waals surface area contributed by atoms with Gasteiger partial charge in [0, 0.05) is 41.4 Å². The van der Waals surface area contributed by atoms with Gasteiger partial charge in [-0.15, -0.1) is 0 Å². The summed E-state index contributed by atoms with van der Waals surface area (Å²) in [6.45, 7) is 9.11. The number of ether oxygens (including phenoxy) is 1.